The Morgan fingerprint density at radius 2 is 2.00 bits per heavy atom. The second kappa shape index (κ2) is 6.25. The maximum Gasteiger partial charge on any atom is 0.142 e. The van der Waals surface area contributed by atoms with Crippen LogP contribution in [-0.4, -0.2) is 5.11 Å². The minimum Gasteiger partial charge on any atom is -0.489 e. The highest BCUT2D eigenvalue weighted by Gasteiger charge is 2.06. The summed E-state index contributed by atoms with van der Waals surface area (Å²) >= 11 is 5.63. The topological polar surface area (TPSA) is 29.5 Å². The third-order valence-electron chi connectivity index (χ3n) is 3.06. The van der Waals surface area contributed by atoms with Gasteiger partial charge in [0.05, 0.1) is 11.1 Å². The van der Waals surface area contributed by atoms with Gasteiger partial charge >= 0.3 is 0 Å². The maximum atomic E-state index is 13.3. The third kappa shape index (κ3) is 3.50. The van der Waals surface area contributed by atoms with Crippen LogP contribution in [0.3, 0.4) is 0 Å². The molecule has 1 atom stereocenters. The van der Waals surface area contributed by atoms with Crippen molar-refractivity contribution in [3.8, 4) is 5.75 Å². The van der Waals surface area contributed by atoms with Gasteiger partial charge in [-0.3, -0.25) is 0 Å². The largest absolute Gasteiger partial charge is 0.489 e. The highest BCUT2D eigenvalue weighted by atomic mass is 35.5. The van der Waals surface area contributed by atoms with E-state index >= 15 is 0 Å². The van der Waals surface area contributed by atoms with Gasteiger partial charge in [-0.05, 0) is 54.8 Å². The fraction of sp³-hybridized carbons (Fsp3) is 0.250. The molecule has 0 aliphatic carbocycles. The molecule has 2 aromatic carbocycles. The van der Waals surface area contributed by atoms with Gasteiger partial charge in [-0.2, -0.15) is 0 Å². The molecule has 0 saturated heterocycles. The van der Waals surface area contributed by atoms with Gasteiger partial charge < -0.3 is 9.84 Å². The van der Waals surface area contributed by atoms with Crippen LogP contribution in [0.5, 0.6) is 5.75 Å². The molecule has 4 heteroatoms. The van der Waals surface area contributed by atoms with Crippen molar-refractivity contribution in [3.05, 3.63) is 63.9 Å². The summed E-state index contributed by atoms with van der Waals surface area (Å²) in [7, 11) is 0. The number of benzene rings is 2. The van der Waals surface area contributed by atoms with Gasteiger partial charge in [0.1, 0.15) is 18.2 Å². The number of hydrogen-bond donors (Lipinski definition) is 1. The molecule has 1 N–H and O–H groups in total. The lowest BCUT2D eigenvalue weighted by atomic mass is 10.1. The van der Waals surface area contributed by atoms with E-state index in [-0.39, 0.29) is 11.6 Å². The first kappa shape index (κ1) is 14.8. The van der Waals surface area contributed by atoms with Gasteiger partial charge in [0, 0.05) is 0 Å². The van der Waals surface area contributed by atoms with E-state index in [1.165, 1.54) is 12.1 Å². The Morgan fingerprint density at radius 3 is 2.60 bits per heavy atom. The van der Waals surface area contributed by atoms with Gasteiger partial charge in [-0.15, -0.1) is 0 Å². The molecule has 0 aromatic heterocycles. The number of halogens is 2. The van der Waals surface area contributed by atoms with E-state index in [0.717, 1.165) is 11.1 Å². The molecule has 0 heterocycles. The van der Waals surface area contributed by atoms with Crippen LogP contribution >= 0.6 is 11.6 Å². The molecule has 0 radical (unpaired) electrons. The first-order valence-corrected chi connectivity index (χ1v) is 6.70. The normalized spacial score (nSPS) is 12.2. The van der Waals surface area contributed by atoms with Crippen LogP contribution < -0.4 is 4.74 Å². The van der Waals surface area contributed by atoms with Crippen LogP contribution in [0.4, 0.5) is 4.39 Å². The number of ether oxygens (including phenoxy) is 1. The number of aliphatic hydroxyl groups is 1. The van der Waals surface area contributed by atoms with Crippen molar-refractivity contribution in [2.24, 2.45) is 0 Å². The van der Waals surface area contributed by atoms with E-state index < -0.39 is 11.9 Å². The van der Waals surface area contributed by atoms with Crippen molar-refractivity contribution in [2.75, 3.05) is 0 Å². The summed E-state index contributed by atoms with van der Waals surface area (Å²) in [6.45, 7) is 3.89. The van der Waals surface area contributed by atoms with Gasteiger partial charge in [0.2, 0.25) is 0 Å². The molecular formula is C16H16ClFO2. The summed E-state index contributed by atoms with van der Waals surface area (Å²) < 4.78 is 19.0. The highest BCUT2D eigenvalue weighted by molar-refractivity contribution is 6.30. The van der Waals surface area contributed by atoms with E-state index in [2.05, 4.69) is 0 Å². The summed E-state index contributed by atoms with van der Waals surface area (Å²) in [5, 5.41) is 9.61. The molecule has 0 bridgehead atoms. The molecule has 0 saturated carbocycles. The Labute approximate surface area is 122 Å². The Hall–Kier alpha value is -1.58. The molecule has 20 heavy (non-hydrogen) atoms. The highest BCUT2D eigenvalue weighted by Crippen LogP contribution is 2.24. The van der Waals surface area contributed by atoms with Crippen LogP contribution in [0, 0.1) is 12.7 Å². The monoisotopic (exact) mass is 294 g/mol. The zero-order valence-corrected chi connectivity index (χ0v) is 12.1. The number of aliphatic hydroxyl groups excluding tert-OH is 1. The van der Waals surface area contributed by atoms with Crippen LogP contribution in [0.2, 0.25) is 5.02 Å². The lowest BCUT2D eigenvalue weighted by Crippen LogP contribution is -1.99. The predicted octanol–water partition coefficient (Wildman–Crippen LogP) is 4.42. The molecule has 106 valence electrons. The molecule has 2 aromatic rings. The second-order valence-corrected chi connectivity index (χ2v) is 5.15. The van der Waals surface area contributed by atoms with Crippen LogP contribution in [0.15, 0.2) is 36.4 Å². The predicted molar refractivity (Wildman–Crippen MR) is 77.6 cm³/mol. The number of aryl methyl sites for hydroxylation is 1. The molecular weight excluding hydrogens is 279 g/mol. The zero-order valence-electron chi connectivity index (χ0n) is 11.4. The molecule has 0 fully saturated rings. The van der Waals surface area contributed by atoms with E-state index in [1.54, 1.807) is 13.0 Å². The van der Waals surface area contributed by atoms with Crippen LogP contribution in [0.25, 0.3) is 0 Å². The fourth-order valence-electron chi connectivity index (χ4n) is 1.88. The summed E-state index contributed by atoms with van der Waals surface area (Å²) in [4.78, 5) is 0. The van der Waals surface area contributed by atoms with Gasteiger partial charge in [-0.25, -0.2) is 4.39 Å². The Morgan fingerprint density at radius 1 is 1.25 bits per heavy atom. The van der Waals surface area contributed by atoms with Gasteiger partial charge in [-0.1, -0.05) is 23.7 Å². The fourth-order valence-corrected chi connectivity index (χ4v) is 2.00. The minimum absolute atomic E-state index is 0.103. The van der Waals surface area contributed by atoms with Crippen molar-refractivity contribution in [3.63, 3.8) is 0 Å². The Balaban J connectivity index is 2.09. The van der Waals surface area contributed by atoms with Crippen molar-refractivity contribution in [1.82, 2.24) is 0 Å². The van der Waals surface area contributed by atoms with Crippen LogP contribution in [0.1, 0.15) is 29.7 Å². The average Bonchev–Trinajstić information content (AvgIpc) is 2.41. The van der Waals surface area contributed by atoms with Crippen molar-refractivity contribution in [2.45, 2.75) is 26.6 Å². The first-order chi connectivity index (χ1) is 9.47. The van der Waals surface area contributed by atoms with Crippen LogP contribution in [-0.2, 0) is 6.61 Å². The summed E-state index contributed by atoms with van der Waals surface area (Å²) in [5.41, 5.74) is 2.48. The molecule has 0 spiro atoms. The van der Waals surface area contributed by atoms with E-state index in [4.69, 9.17) is 16.3 Å². The SMILES string of the molecule is Cc1cc(C(C)O)ccc1OCc1ccc(Cl)c(F)c1. The van der Waals surface area contributed by atoms with Gasteiger partial charge in [0.15, 0.2) is 0 Å². The molecule has 0 amide bonds. The molecule has 0 aliphatic rings. The number of hydrogen-bond acceptors (Lipinski definition) is 2. The lowest BCUT2D eigenvalue weighted by Gasteiger charge is -2.12. The van der Waals surface area contributed by atoms with E-state index in [9.17, 15) is 9.50 Å². The lowest BCUT2D eigenvalue weighted by molar-refractivity contribution is 0.199. The molecule has 0 aliphatic heterocycles. The van der Waals surface area contributed by atoms with Crippen molar-refractivity contribution in [1.29, 1.82) is 0 Å². The minimum atomic E-state index is -0.506. The summed E-state index contributed by atoms with van der Waals surface area (Å²) in [6.07, 6.45) is -0.506. The van der Waals surface area contributed by atoms with E-state index in [0.29, 0.717) is 11.3 Å². The Kier molecular flexibility index (Phi) is 4.63. The number of rotatable bonds is 4. The Bertz CT molecular complexity index is 611. The summed E-state index contributed by atoms with van der Waals surface area (Å²) in [6, 6.07) is 10.1. The maximum absolute atomic E-state index is 13.3. The molecule has 2 rings (SSSR count). The van der Waals surface area contributed by atoms with Crippen molar-refractivity contribution < 1.29 is 14.2 Å². The zero-order chi connectivity index (χ0) is 14.7. The van der Waals surface area contributed by atoms with Crippen molar-refractivity contribution >= 4 is 11.6 Å². The smallest absolute Gasteiger partial charge is 0.142 e. The third-order valence-corrected chi connectivity index (χ3v) is 3.37. The second-order valence-electron chi connectivity index (χ2n) is 4.74. The standard InChI is InChI=1S/C16H16ClFO2/c1-10-7-13(11(2)19)4-6-16(10)20-9-12-3-5-14(17)15(18)8-12/h3-8,11,19H,9H2,1-2H3. The summed E-state index contributed by atoms with van der Waals surface area (Å²) in [5.74, 6) is 0.263. The molecule has 1 unspecified atom stereocenters. The van der Waals surface area contributed by atoms with E-state index in [1.807, 2.05) is 25.1 Å². The first-order valence-electron chi connectivity index (χ1n) is 6.32. The average molecular weight is 295 g/mol. The van der Waals surface area contributed by atoms with Gasteiger partial charge in [0.25, 0.3) is 0 Å². The molecule has 2 nitrogen and oxygen atoms in total. The quantitative estimate of drug-likeness (QED) is 0.904.